The van der Waals surface area contributed by atoms with Crippen molar-refractivity contribution in [3.63, 3.8) is 0 Å². The van der Waals surface area contributed by atoms with Crippen molar-refractivity contribution in [3.8, 4) is 0 Å². The largest absolute Gasteiger partial charge is 0.241 e. The van der Waals surface area contributed by atoms with E-state index in [9.17, 15) is 0 Å². The van der Waals surface area contributed by atoms with Crippen molar-refractivity contribution in [1.29, 1.82) is 0 Å². The van der Waals surface area contributed by atoms with Gasteiger partial charge in [0, 0.05) is 18.3 Å². The molecule has 1 aliphatic rings. The van der Waals surface area contributed by atoms with Crippen LogP contribution in [0.3, 0.4) is 0 Å². The van der Waals surface area contributed by atoms with Crippen molar-refractivity contribution in [2.24, 2.45) is 5.92 Å². The average Bonchev–Trinajstić information content (AvgIpc) is 2.41. The maximum Gasteiger partial charge on any atom is 0.131 e. The second-order valence-corrected chi connectivity index (χ2v) is 5.86. The number of rotatable bonds is 5. The summed E-state index contributed by atoms with van der Waals surface area (Å²) in [7, 11) is 0. The molecule has 1 saturated carbocycles. The minimum atomic E-state index is 0.617. The molecule has 1 aromatic heterocycles. The van der Waals surface area contributed by atoms with Crippen LogP contribution in [0.5, 0.6) is 0 Å². The third kappa shape index (κ3) is 3.79. The van der Waals surface area contributed by atoms with Gasteiger partial charge < -0.3 is 0 Å². The molecule has 1 heterocycles. The van der Waals surface area contributed by atoms with Crippen molar-refractivity contribution in [1.82, 2.24) is 9.97 Å². The molecule has 18 heavy (non-hydrogen) atoms. The minimum Gasteiger partial charge on any atom is -0.241 e. The van der Waals surface area contributed by atoms with Crippen LogP contribution < -0.4 is 0 Å². The summed E-state index contributed by atoms with van der Waals surface area (Å²) in [5, 5.41) is 0. The Kier molecular flexibility index (Phi) is 5.15. The molecule has 0 saturated heterocycles. The van der Waals surface area contributed by atoms with Crippen LogP contribution in [0.25, 0.3) is 0 Å². The summed E-state index contributed by atoms with van der Waals surface area (Å²) >= 11 is 0. The monoisotopic (exact) mass is 246 g/mol. The van der Waals surface area contributed by atoms with Crippen molar-refractivity contribution in [3.05, 3.63) is 23.8 Å². The molecule has 1 fully saturated rings. The molecular weight excluding hydrogens is 220 g/mol. The molecule has 0 N–H and O–H groups in total. The van der Waals surface area contributed by atoms with Gasteiger partial charge in [-0.3, -0.25) is 0 Å². The molecule has 0 unspecified atom stereocenters. The molecule has 1 aliphatic carbocycles. The Morgan fingerprint density at radius 2 is 1.72 bits per heavy atom. The standard InChI is InChI=1S/C16H26N2/c1-3-4-5-6-14-11-17-16(18-12-14)15-9-7-13(2)8-10-15/h11-13,15H,3-10H2,1-2H3. The number of hydrogen-bond donors (Lipinski definition) is 0. The highest BCUT2D eigenvalue weighted by molar-refractivity contribution is 5.08. The Labute approximate surface area is 111 Å². The van der Waals surface area contributed by atoms with Crippen LogP contribution in [-0.4, -0.2) is 9.97 Å². The van der Waals surface area contributed by atoms with Gasteiger partial charge >= 0.3 is 0 Å². The van der Waals surface area contributed by atoms with E-state index in [2.05, 4.69) is 36.2 Å². The number of aromatic nitrogens is 2. The van der Waals surface area contributed by atoms with Gasteiger partial charge in [0.05, 0.1) is 0 Å². The van der Waals surface area contributed by atoms with E-state index in [1.54, 1.807) is 0 Å². The van der Waals surface area contributed by atoms with Crippen LogP contribution in [0.2, 0.25) is 0 Å². The van der Waals surface area contributed by atoms with E-state index in [1.165, 1.54) is 50.5 Å². The van der Waals surface area contributed by atoms with Crippen molar-refractivity contribution in [2.45, 2.75) is 71.1 Å². The smallest absolute Gasteiger partial charge is 0.131 e. The topological polar surface area (TPSA) is 25.8 Å². The lowest BCUT2D eigenvalue weighted by atomic mass is 9.82. The summed E-state index contributed by atoms with van der Waals surface area (Å²) in [6.45, 7) is 4.59. The molecule has 2 rings (SSSR count). The number of aryl methyl sites for hydroxylation is 1. The molecule has 0 radical (unpaired) electrons. The fourth-order valence-electron chi connectivity index (χ4n) is 2.80. The van der Waals surface area contributed by atoms with Gasteiger partial charge in [0.1, 0.15) is 5.82 Å². The summed E-state index contributed by atoms with van der Waals surface area (Å²) in [4.78, 5) is 9.19. The zero-order valence-corrected chi connectivity index (χ0v) is 11.9. The minimum absolute atomic E-state index is 0.617. The Balaban J connectivity index is 1.87. The lowest BCUT2D eigenvalue weighted by molar-refractivity contribution is 0.339. The van der Waals surface area contributed by atoms with Crippen molar-refractivity contribution < 1.29 is 0 Å². The number of unbranched alkanes of at least 4 members (excludes halogenated alkanes) is 2. The molecule has 0 aliphatic heterocycles. The molecule has 0 aromatic carbocycles. The Morgan fingerprint density at radius 3 is 2.33 bits per heavy atom. The summed E-state index contributed by atoms with van der Waals surface area (Å²) in [5.41, 5.74) is 1.30. The summed E-state index contributed by atoms with van der Waals surface area (Å²) < 4.78 is 0. The van der Waals surface area contributed by atoms with E-state index in [0.29, 0.717) is 5.92 Å². The first-order valence-corrected chi connectivity index (χ1v) is 7.60. The maximum atomic E-state index is 4.60. The Morgan fingerprint density at radius 1 is 1.06 bits per heavy atom. The first-order valence-electron chi connectivity index (χ1n) is 7.60. The first-order chi connectivity index (χ1) is 8.79. The molecule has 0 bridgehead atoms. The van der Waals surface area contributed by atoms with E-state index >= 15 is 0 Å². The van der Waals surface area contributed by atoms with Gasteiger partial charge in [-0.25, -0.2) is 9.97 Å². The van der Waals surface area contributed by atoms with Crippen LogP contribution >= 0.6 is 0 Å². The van der Waals surface area contributed by atoms with E-state index in [-0.39, 0.29) is 0 Å². The van der Waals surface area contributed by atoms with E-state index in [1.807, 2.05) is 0 Å². The van der Waals surface area contributed by atoms with Crippen LogP contribution in [0.15, 0.2) is 12.4 Å². The summed E-state index contributed by atoms with van der Waals surface area (Å²) in [6, 6.07) is 0. The fraction of sp³-hybridized carbons (Fsp3) is 0.750. The lowest BCUT2D eigenvalue weighted by Crippen LogP contribution is -2.13. The molecule has 2 heteroatoms. The quantitative estimate of drug-likeness (QED) is 0.715. The number of nitrogens with zero attached hydrogens (tertiary/aromatic N) is 2. The molecule has 0 spiro atoms. The Bertz CT molecular complexity index is 337. The average molecular weight is 246 g/mol. The van der Waals surface area contributed by atoms with E-state index < -0.39 is 0 Å². The lowest BCUT2D eigenvalue weighted by Gasteiger charge is -2.24. The van der Waals surface area contributed by atoms with Crippen LogP contribution in [0.4, 0.5) is 0 Å². The SMILES string of the molecule is CCCCCc1cnc(C2CCC(C)CC2)nc1. The predicted molar refractivity (Wildman–Crippen MR) is 75.6 cm³/mol. The zero-order valence-electron chi connectivity index (χ0n) is 11.9. The third-order valence-corrected chi connectivity index (χ3v) is 4.18. The maximum absolute atomic E-state index is 4.60. The summed E-state index contributed by atoms with van der Waals surface area (Å²) in [5.74, 6) is 2.60. The highest BCUT2D eigenvalue weighted by Gasteiger charge is 2.21. The second kappa shape index (κ2) is 6.86. The molecule has 2 nitrogen and oxygen atoms in total. The third-order valence-electron chi connectivity index (χ3n) is 4.18. The van der Waals surface area contributed by atoms with Gasteiger partial charge in [0.2, 0.25) is 0 Å². The van der Waals surface area contributed by atoms with Crippen LogP contribution in [0, 0.1) is 5.92 Å². The highest BCUT2D eigenvalue weighted by atomic mass is 14.9. The molecular formula is C16H26N2. The van der Waals surface area contributed by atoms with Crippen LogP contribution in [0.1, 0.15) is 76.1 Å². The highest BCUT2D eigenvalue weighted by Crippen LogP contribution is 2.33. The molecule has 0 amide bonds. The van der Waals surface area contributed by atoms with Gasteiger partial charge in [-0.1, -0.05) is 39.5 Å². The number of hydrogen-bond acceptors (Lipinski definition) is 2. The van der Waals surface area contributed by atoms with Crippen molar-refractivity contribution >= 4 is 0 Å². The first kappa shape index (κ1) is 13.5. The predicted octanol–water partition coefficient (Wildman–Crippen LogP) is 4.50. The van der Waals surface area contributed by atoms with E-state index in [4.69, 9.17) is 0 Å². The van der Waals surface area contributed by atoms with Gasteiger partial charge in [0.15, 0.2) is 0 Å². The summed E-state index contributed by atoms with van der Waals surface area (Å²) in [6.07, 6.45) is 14.3. The Hall–Kier alpha value is -0.920. The van der Waals surface area contributed by atoms with Gasteiger partial charge in [-0.15, -0.1) is 0 Å². The van der Waals surface area contributed by atoms with Gasteiger partial charge in [-0.05, 0) is 37.2 Å². The van der Waals surface area contributed by atoms with E-state index in [0.717, 1.165) is 18.2 Å². The van der Waals surface area contributed by atoms with Crippen molar-refractivity contribution in [2.75, 3.05) is 0 Å². The fourth-order valence-corrected chi connectivity index (χ4v) is 2.80. The normalized spacial score (nSPS) is 24.1. The van der Waals surface area contributed by atoms with Gasteiger partial charge in [-0.2, -0.15) is 0 Å². The zero-order chi connectivity index (χ0) is 12.8. The second-order valence-electron chi connectivity index (χ2n) is 5.86. The molecule has 100 valence electrons. The molecule has 1 aromatic rings. The van der Waals surface area contributed by atoms with Gasteiger partial charge in [0.25, 0.3) is 0 Å². The van der Waals surface area contributed by atoms with Crippen LogP contribution in [-0.2, 0) is 6.42 Å². The molecule has 0 atom stereocenters.